The Morgan fingerprint density at radius 2 is 1.48 bits per heavy atom. The number of hydrogen-bond donors (Lipinski definition) is 4. The van der Waals surface area contributed by atoms with Crippen molar-refractivity contribution in [2.24, 2.45) is 11.8 Å². The van der Waals surface area contributed by atoms with E-state index in [-0.39, 0.29) is 41.1 Å². The highest BCUT2D eigenvalue weighted by Gasteiger charge is 2.40. The van der Waals surface area contributed by atoms with E-state index in [1.165, 1.54) is 25.2 Å². The Bertz CT molecular complexity index is 2930. The van der Waals surface area contributed by atoms with E-state index in [1.807, 2.05) is 52.0 Å². The summed E-state index contributed by atoms with van der Waals surface area (Å²) in [6.45, 7) is 15.1. The monoisotopic (exact) mass is 961 g/mol. The number of halogens is 1. The molecule has 4 aromatic heterocycles. The van der Waals surface area contributed by atoms with Crippen LogP contribution in [0.15, 0.2) is 60.9 Å². The molecule has 0 saturated carbocycles. The van der Waals surface area contributed by atoms with E-state index in [1.54, 1.807) is 33.5 Å². The molecule has 1 unspecified atom stereocenters. The molecule has 9 rings (SSSR count). The summed E-state index contributed by atoms with van der Waals surface area (Å²) in [5, 5.41) is 6.27. The number of nitrogens with one attached hydrogen (secondary N) is 4. The fourth-order valence-corrected chi connectivity index (χ4v) is 10.9. The first-order valence-corrected chi connectivity index (χ1v) is 24.4. The third-order valence-corrected chi connectivity index (χ3v) is 15.1. The minimum Gasteiger partial charge on any atom is -0.464 e. The second kappa shape index (κ2) is 18.7. The normalized spacial score (nSPS) is 18.8. The SMILES string of the molecule is COC(=O)N[C@H](C(=O)N1CCC[C@H]1c1nc(-c2cc(F)c3c(c2)OC(c2ccc(C(C)(C)C)s2)n2c-3cc3cc(-c4cnc([C@@H]5CCCN5C(=O)[C@@H](NC(=O)OC)C(C)C)[nH]4)ccc32)c[nH]1)C(C)C. The van der Waals surface area contributed by atoms with Gasteiger partial charge in [-0.2, -0.15) is 0 Å². The zero-order chi connectivity index (χ0) is 49.1. The van der Waals surface area contributed by atoms with Gasteiger partial charge < -0.3 is 44.6 Å². The van der Waals surface area contributed by atoms with Gasteiger partial charge in [-0.25, -0.2) is 23.9 Å². The molecule has 0 radical (unpaired) electrons. The Kier molecular flexibility index (Phi) is 12.8. The molecule has 2 fully saturated rings. The number of methoxy groups -OCH3 is 2. The highest BCUT2D eigenvalue weighted by atomic mass is 32.1. The van der Waals surface area contributed by atoms with Crippen molar-refractivity contribution in [3.05, 3.63) is 88.1 Å². The molecule has 364 valence electrons. The maximum atomic E-state index is 17.0. The van der Waals surface area contributed by atoms with Crippen LogP contribution in [0.5, 0.6) is 5.75 Å². The minimum absolute atomic E-state index is 0.0994. The van der Waals surface area contributed by atoms with Crippen LogP contribution in [0.25, 0.3) is 44.7 Å². The summed E-state index contributed by atoms with van der Waals surface area (Å²) in [5.74, 6) is 0.406. The summed E-state index contributed by atoms with van der Waals surface area (Å²) in [6.07, 6.45) is 4.52. The molecular formula is C51H60FN9O7S. The third kappa shape index (κ3) is 8.94. The Hall–Kier alpha value is -6.69. The highest BCUT2D eigenvalue weighted by Crippen LogP contribution is 2.49. The fourth-order valence-electron chi connectivity index (χ4n) is 9.86. The van der Waals surface area contributed by atoms with E-state index in [0.717, 1.165) is 46.3 Å². The van der Waals surface area contributed by atoms with Crippen molar-refractivity contribution in [1.82, 2.24) is 44.9 Å². The maximum Gasteiger partial charge on any atom is 0.407 e. The third-order valence-electron chi connectivity index (χ3n) is 13.5. The minimum atomic E-state index is -0.773. The average molecular weight is 962 g/mol. The second-order valence-corrected chi connectivity index (χ2v) is 21.0. The molecule has 7 heterocycles. The van der Waals surface area contributed by atoms with Crippen LogP contribution in [-0.4, -0.2) is 97.7 Å². The topological polar surface area (TPSA) is 189 Å². The number of benzene rings is 2. The molecule has 2 saturated heterocycles. The van der Waals surface area contributed by atoms with E-state index in [0.29, 0.717) is 59.4 Å². The number of carbonyl (C=O) groups excluding carboxylic acids is 4. The summed E-state index contributed by atoms with van der Waals surface area (Å²) in [7, 11) is 2.55. The number of carbonyl (C=O) groups is 4. The molecule has 4 N–H and O–H groups in total. The van der Waals surface area contributed by atoms with Gasteiger partial charge in [0.15, 0.2) is 0 Å². The summed E-state index contributed by atoms with van der Waals surface area (Å²) in [5.41, 5.74) is 4.40. The van der Waals surface area contributed by atoms with Gasteiger partial charge in [0, 0.05) is 40.7 Å². The first-order valence-electron chi connectivity index (χ1n) is 23.6. The summed E-state index contributed by atoms with van der Waals surface area (Å²) >= 11 is 1.67. The van der Waals surface area contributed by atoms with Crippen LogP contribution in [0.1, 0.15) is 114 Å². The molecule has 5 atom stereocenters. The van der Waals surface area contributed by atoms with Crippen molar-refractivity contribution in [2.45, 2.75) is 110 Å². The van der Waals surface area contributed by atoms with Gasteiger partial charge in [0.2, 0.25) is 18.0 Å². The number of amides is 4. The van der Waals surface area contributed by atoms with Crippen LogP contribution in [0, 0.1) is 17.7 Å². The molecule has 3 aliphatic heterocycles. The number of aromatic nitrogens is 5. The Balaban J connectivity index is 1.04. The number of aromatic amines is 2. The van der Waals surface area contributed by atoms with E-state index in [2.05, 4.69) is 64.1 Å². The average Bonchev–Trinajstić information content (AvgIpc) is 4.18. The van der Waals surface area contributed by atoms with Crippen molar-refractivity contribution in [3.8, 4) is 39.5 Å². The standard InChI is InChI=1S/C51H60FN9O7S/c1-26(2)42(57-49(64)66-8)46(62)59-18-10-12-35(59)44-53-24-32(55-44)28-14-15-34-30(20-28)22-37-41-31(52)21-29(23-38(41)68-48(61(34)37)39-16-17-40(69-39)51(5,6)7)33-25-54-45(56-33)36-13-11-19-60(36)47(63)43(27(3)4)58-50(65)67-9/h14-17,20-27,35-36,42-43,48H,10-13,18-19H2,1-9H3,(H,53,55)(H,54,56)(H,57,64)(H,58,65)/t35-,36-,42-,43-,48?/m0/s1. The molecule has 2 aromatic carbocycles. The molecule has 4 amide bonds. The van der Waals surface area contributed by atoms with Gasteiger partial charge in [0.1, 0.15) is 35.3 Å². The van der Waals surface area contributed by atoms with Crippen LogP contribution >= 0.6 is 11.3 Å². The second-order valence-electron chi connectivity index (χ2n) is 19.9. The van der Waals surface area contributed by atoms with Crippen molar-refractivity contribution < 1.29 is 37.8 Å². The van der Waals surface area contributed by atoms with E-state index in [4.69, 9.17) is 24.2 Å². The van der Waals surface area contributed by atoms with E-state index in [9.17, 15) is 19.2 Å². The number of ether oxygens (including phenoxy) is 3. The van der Waals surface area contributed by atoms with Crippen molar-refractivity contribution in [3.63, 3.8) is 0 Å². The number of thiophene rings is 1. The summed E-state index contributed by atoms with van der Waals surface area (Å²) in [6, 6.07) is 13.4. The quantitative estimate of drug-likeness (QED) is 0.0980. The molecule has 69 heavy (non-hydrogen) atoms. The van der Waals surface area contributed by atoms with Crippen LogP contribution in [0.2, 0.25) is 0 Å². The molecule has 0 spiro atoms. The van der Waals surface area contributed by atoms with Crippen molar-refractivity contribution in [2.75, 3.05) is 27.3 Å². The lowest BCUT2D eigenvalue weighted by atomic mass is 9.95. The fraction of sp³-hybridized carbons (Fsp3) is 0.451. The number of imidazole rings is 2. The number of nitrogens with zero attached hydrogens (tertiary/aromatic N) is 5. The Labute approximate surface area is 404 Å². The number of hydrogen-bond acceptors (Lipinski definition) is 10. The molecule has 3 aliphatic rings. The molecule has 18 heteroatoms. The van der Waals surface area contributed by atoms with Crippen molar-refractivity contribution >= 4 is 46.2 Å². The predicted molar refractivity (Wildman–Crippen MR) is 260 cm³/mol. The first kappa shape index (κ1) is 47.4. The number of likely N-dealkylation sites (tertiary alicyclic amines) is 2. The van der Waals surface area contributed by atoms with Gasteiger partial charge in [0.25, 0.3) is 0 Å². The largest absolute Gasteiger partial charge is 0.464 e. The van der Waals surface area contributed by atoms with E-state index < -0.39 is 36.3 Å². The molecule has 0 aliphatic carbocycles. The summed E-state index contributed by atoms with van der Waals surface area (Å²) < 4.78 is 35.5. The maximum absolute atomic E-state index is 17.0. The molecule has 0 bridgehead atoms. The van der Waals surface area contributed by atoms with Gasteiger partial charge in [-0.15, -0.1) is 11.3 Å². The molecular weight excluding hydrogens is 902 g/mol. The predicted octanol–water partition coefficient (Wildman–Crippen LogP) is 9.61. The lowest BCUT2D eigenvalue weighted by Gasteiger charge is -2.30. The van der Waals surface area contributed by atoms with Crippen LogP contribution < -0.4 is 15.4 Å². The number of fused-ring (bicyclic) bond motifs is 5. The van der Waals surface area contributed by atoms with Gasteiger partial charge in [-0.3, -0.25) is 14.2 Å². The zero-order valence-corrected chi connectivity index (χ0v) is 41.3. The highest BCUT2D eigenvalue weighted by molar-refractivity contribution is 7.12. The van der Waals surface area contributed by atoms with Crippen LogP contribution in [0.4, 0.5) is 14.0 Å². The van der Waals surface area contributed by atoms with Gasteiger partial charge >= 0.3 is 12.2 Å². The van der Waals surface area contributed by atoms with Crippen LogP contribution in [-0.2, 0) is 24.5 Å². The zero-order valence-electron chi connectivity index (χ0n) is 40.4. The lowest BCUT2D eigenvalue weighted by molar-refractivity contribution is -0.136. The Morgan fingerprint density at radius 3 is 2.07 bits per heavy atom. The smallest absolute Gasteiger partial charge is 0.407 e. The van der Waals surface area contributed by atoms with E-state index >= 15 is 4.39 Å². The lowest BCUT2D eigenvalue weighted by Crippen LogP contribution is -2.51. The summed E-state index contributed by atoms with van der Waals surface area (Å²) in [4.78, 5) is 74.1. The number of alkyl carbamates (subject to hydrolysis) is 2. The molecule has 6 aromatic rings. The van der Waals surface area contributed by atoms with Gasteiger partial charge in [-0.05, 0) is 85.4 Å². The number of H-pyrrole nitrogens is 2. The Morgan fingerprint density at radius 1 is 0.841 bits per heavy atom. The van der Waals surface area contributed by atoms with Gasteiger partial charge in [-0.1, -0.05) is 54.5 Å². The first-order chi connectivity index (χ1) is 32.9. The number of rotatable bonds is 11. The van der Waals surface area contributed by atoms with Crippen LogP contribution in [0.3, 0.4) is 0 Å². The van der Waals surface area contributed by atoms with Crippen molar-refractivity contribution in [1.29, 1.82) is 0 Å². The molecule has 16 nitrogen and oxygen atoms in total. The van der Waals surface area contributed by atoms with Gasteiger partial charge in [0.05, 0.1) is 65.5 Å².